The SMILES string of the molecule is COc1ccc2cc(CN(Cc3ccc(F)cc3)C(=O)Nc3ccccc3Cl)c(=O)[nH]c2c1. The monoisotopic (exact) mass is 465 g/mol. The first-order valence-electron chi connectivity index (χ1n) is 10.2. The molecule has 4 aromatic rings. The number of amides is 2. The van der Waals surface area contributed by atoms with Crippen LogP contribution in [-0.2, 0) is 13.1 Å². The highest BCUT2D eigenvalue weighted by molar-refractivity contribution is 6.33. The number of pyridine rings is 1. The van der Waals surface area contributed by atoms with Gasteiger partial charge in [-0.15, -0.1) is 0 Å². The van der Waals surface area contributed by atoms with Gasteiger partial charge in [0.05, 0.1) is 29.9 Å². The molecule has 3 aromatic carbocycles. The van der Waals surface area contributed by atoms with Crippen LogP contribution in [0.1, 0.15) is 11.1 Å². The van der Waals surface area contributed by atoms with E-state index in [2.05, 4.69) is 10.3 Å². The van der Waals surface area contributed by atoms with E-state index in [0.29, 0.717) is 33.1 Å². The Morgan fingerprint density at radius 3 is 2.55 bits per heavy atom. The molecule has 1 heterocycles. The van der Waals surface area contributed by atoms with Crippen molar-refractivity contribution in [1.29, 1.82) is 0 Å². The van der Waals surface area contributed by atoms with E-state index in [0.717, 1.165) is 5.39 Å². The quantitative estimate of drug-likeness (QED) is 0.391. The van der Waals surface area contributed by atoms with E-state index in [-0.39, 0.29) is 24.5 Å². The number of aromatic nitrogens is 1. The van der Waals surface area contributed by atoms with Crippen molar-refractivity contribution in [2.24, 2.45) is 0 Å². The molecule has 1 aromatic heterocycles. The van der Waals surface area contributed by atoms with Gasteiger partial charge in [0.25, 0.3) is 5.56 Å². The van der Waals surface area contributed by atoms with Crippen molar-refractivity contribution in [3.8, 4) is 5.75 Å². The number of H-pyrrole nitrogens is 1. The molecule has 0 atom stereocenters. The number of methoxy groups -OCH3 is 1. The minimum Gasteiger partial charge on any atom is -0.497 e. The number of carbonyl (C=O) groups excluding carboxylic acids is 1. The van der Waals surface area contributed by atoms with Gasteiger partial charge in [-0.2, -0.15) is 0 Å². The van der Waals surface area contributed by atoms with E-state index in [9.17, 15) is 14.0 Å². The van der Waals surface area contributed by atoms with Crippen LogP contribution >= 0.6 is 11.6 Å². The van der Waals surface area contributed by atoms with Crippen LogP contribution in [0.5, 0.6) is 5.75 Å². The molecule has 0 saturated heterocycles. The van der Waals surface area contributed by atoms with Crippen molar-refractivity contribution in [3.05, 3.63) is 105 Å². The summed E-state index contributed by atoms with van der Waals surface area (Å²) < 4.78 is 18.6. The first-order chi connectivity index (χ1) is 15.9. The molecule has 0 aliphatic heterocycles. The molecule has 2 N–H and O–H groups in total. The summed E-state index contributed by atoms with van der Waals surface area (Å²) in [7, 11) is 1.55. The highest BCUT2D eigenvalue weighted by Crippen LogP contribution is 2.22. The predicted molar refractivity (Wildman–Crippen MR) is 127 cm³/mol. The van der Waals surface area contributed by atoms with E-state index < -0.39 is 6.03 Å². The summed E-state index contributed by atoms with van der Waals surface area (Å²) in [5, 5.41) is 3.98. The average molecular weight is 466 g/mol. The molecule has 0 spiro atoms. The zero-order valence-electron chi connectivity index (χ0n) is 17.8. The van der Waals surface area contributed by atoms with E-state index >= 15 is 0 Å². The van der Waals surface area contributed by atoms with Gasteiger partial charge in [0.2, 0.25) is 0 Å². The predicted octanol–water partition coefficient (Wildman–Crippen LogP) is 5.56. The molecule has 0 aliphatic rings. The topological polar surface area (TPSA) is 74.4 Å². The number of nitrogens with zero attached hydrogens (tertiary/aromatic N) is 1. The second-order valence-electron chi connectivity index (χ2n) is 7.47. The van der Waals surface area contributed by atoms with Crippen LogP contribution in [0.2, 0.25) is 5.02 Å². The van der Waals surface area contributed by atoms with Gasteiger partial charge in [-0.3, -0.25) is 4.79 Å². The molecule has 168 valence electrons. The Kier molecular flexibility index (Phi) is 6.60. The summed E-state index contributed by atoms with van der Waals surface area (Å²) in [6.07, 6.45) is 0. The summed E-state index contributed by atoms with van der Waals surface area (Å²) in [4.78, 5) is 30.2. The van der Waals surface area contributed by atoms with Crippen molar-refractivity contribution >= 4 is 34.2 Å². The van der Waals surface area contributed by atoms with Gasteiger partial charge in [0.15, 0.2) is 0 Å². The lowest BCUT2D eigenvalue weighted by Gasteiger charge is -2.23. The first-order valence-corrected chi connectivity index (χ1v) is 10.6. The molecule has 2 amide bonds. The number of anilines is 1. The van der Waals surface area contributed by atoms with E-state index in [1.165, 1.54) is 17.0 Å². The van der Waals surface area contributed by atoms with Gasteiger partial charge >= 0.3 is 6.03 Å². The number of nitrogens with one attached hydrogen (secondary N) is 2. The van der Waals surface area contributed by atoms with E-state index in [1.54, 1.807) is 61.7 Å². The third-order valence-electron chi connectivity index (χ3n) is 5.18. The number of fused-ring (bicyclic) bond motifs is 1. The number of hydrogen-bond donors (Lipinski definition) is 2. The van der Waals surface area contributed by atoms with Crippen molar-refractivity contribution in [2.75, 3.05) is 12.4 Å². The van der Waals surface area contributed by atoms with Crippen molar-refractivity contribution < 1.29 is 13.9 Å². The van der Waals surface area contributed by atoms with Crippen molar-refractivity contribution in [3.63, 3.8) is 0 Å². The molecular formula is C25H21ClFN3O3. The van der Waals surface area contributed by atoms with Gasteiger partial charge in [0, 0.05) is 18.2 Å². The number of halogens is 2. The fourth-order valence-electron chi connectivity index (χ4n) is 3.44. The van der Waals surface area contributed by atoms with Crippen LogP contribution < -0.4 is 15.6 Å². The number of carbonyl (C=O) groups is 1. The third kappa shape index (κ3) is 5.32. The summed E-state index contributed by atoms with van der Waals surface area (Å²) in [5.74, 6) is 0.259. The van der Waals surface area contributed by atoms with Gasteiger partial charge in [-0.05, 0) is 53.4 Å². The molecule has 0 aliphatic carbocycles. The van der Waals surface area contributed by atoms with E-state index in [4.69, 9.17) is 16.3 Å². The van der Waals surface area contributed by atoms with Crippen molar-refractivity contribution in [1.82, 2.24) is 9.88 Å². The lowest BCUT2D eigenvalue weighted by atomic mass is 10.1. The van der Waals surface area contributed by atoms with Gasteiger partial charge in [-0.25, -0.2) is 9.18 Å². The number of hydrogen-bond acceptors (Lipinski definition) is 3. The average Bonchev–Trinajstić information content (AvgIpc) is 2.81. The summed E-state index contributed by atoms with van der Waals surface area (Å²) in [6.45, 7) is 0.196. The Bertz CT molecular complexity index is 1360. The molecule has 8 heteroatoms. The first kappa shape index (κ1) is 22.4. The Hall–Kier alpha value is -3.84. The Balaban J connectivity index is 1.65. The lowest BCUT2D eigenvalue weighted by molar-refractivity contribution is 0.206. The molecule has 33 heavy (non-hydrogen) atoms. The molecule has 4 rings (SSSR count). The standard InChI is InChI=1S/C25H21ClFN3O3/c1-33-20-11-8-17-12-18(24(31)28-23(17)13-20)15-30(14-16-6-9-19(27)10-7-16)25(32)29-22-5-3-2-4-21(22)26/h2-13H,14-15H2,1H3,(H,28,31)(H,29,32). The fraction of sp³-hybridized carbons (Fsp3) is 0.120. The Morgan fingerprint density at radius 1 is 1.06 bits per heavy atom. The minimum absolute atomic E-state index is 0.0327. The molecule has 0 fully saturated rings. The Labute approximate surface area is 194 Å². The van der Waals surface area contributed by atoms with Crippen LogP contribution in [0, 0.1) is 5.82 Å². The van der Waals surface area contributed by atoms with Crippen LogP contribution in [0.25, 0.3) is 10.9 Å². The maximum Gasteiger partial charge on any atom is 0.322 e. The molecule has 0 radical (unpaired) electrons. The van der Waals surface area contributed by atoms with Crippen LogP contribution in [0.3, 0.4) is 0 Å². The third-order valence-corrected chi connectivity index (χ3v) is 5.51. The van der Waals surface area contributed by atoms with E-state index in [1.807, 2.05) is 6.07 Å². The maximum atomic E-state index is 13.4. The largest absolute Gasteiger partial charge is 0.497 e. The highest BCUT2D eigenvalue weighted by atomic mass is 35.5. The van der Waals surface area contributed by atoms with Crippen LogP contribution in [0.4, 0.5) is 14.9 Å². The number of aromatic amines is 1. The van der Waals surface area contributed by atoms with Gasteiger partial charge in [0.1, 0.15) is 11.6 Å². The maximum absolute atomic E-state index is 13.4. The summed E-state index contributed by atoms with van der Waals surface area (Å²) >= 11 is 6.19. The van der Waals surface area contributed by atoms with Gasteiger partial charge < -0.3 is 19.9 Å². The minimum atomic E-state index is -0.443. The molecule has 0 unspecified atom stereocenters. The molecule has 6 nitrogen and oxygen atoms in total. The second-order valence-corrected chi connectivity index (χ2v) is 7.88. The fourth-order valence-corrected chi connectivity index (χ4v) is 3.62. The number of benzene rings is 3. The highest BCUT2D eigenvalue weighted by Gasteiger charge is 2.18. The zero-order chi connectivity index (χ0) is 23.4. The number of rotatable bonds is 6. The van der Waals surface area contributed by atoms with Crippen LogP contribution in [-0.4, -0.2) is 23.0 Å². The summed E-state index contributed by atoms with van der Waals surface area (Å²) in [5.41, 5.74) is 1.89. The lowest BCUT2D eigenvalue weighted by Crippen LogP contribution is -2.35. The summed E-state index contributed by atoms with van der Waals surface area (Å²) in [6, 6.07) is 19.4. The molecular weight excluding hydrogens is 445 g/mol. The zero-order valence-corrected chi connectivity index (χ0v) is 18.5. The smallest absolute Gasteiger partial charge is 0.322 e. The van der Waals surface area contributed by atoms with Gasteiger partial charge in [-0.1, -0.05) is 35.9 Å². The van der Waals surface area contributed by atoms with Crippen LogP contribution in [0.15, 0.2) is 77.6 Å². The molecule has 0 saturated carbocycles. The molecule has 0 bridgehead atoms. The Morgan fingerprint density at radius 2 is 1.82 bits per heavy atom. The normalized spacial score (nSPS) is 10.8. The number of para-hydroxylation sites is 1. The number of ether oxygens (including phenoxy) is 1. The van der Waals surface area contributed by atoms with Crippen molar-refractivity contribution in [2.45, 2.75) is 13.1 Å². The second kappa shape index (κ2) is 9.75. The number of urea groups is 1.